The zero-order chi connectivity index (χ0) is 60.7. The topological polar surface area (TPSA) is 144 Å². The third-order valence-electron chi connectivity index (χ3n) is 13.9. The number of hydrogen-bond acceptors (Lipinski definition) is 9. The van der Waals surface area contributed by atoms with Gasteiger partial charge in [0.15, 0.2) is 28.1 Å². The van der Waals surface area contributed by atoms with Crippen molar-refractivity contribution in [3.05, 3.63) is 335 Å². The molecule has 0 aliphatic heterocycles. The molecular weight excluding hydrogens is 1150 g/mol. The number of sulfone groups is 1. The Morgan fingerprint density at radius 3 is 1.01 bits per heavy atom. The first-order valence-corrected chi connectivity index (χ1v) is 29.6. The Bertz CT molecular complexity index is 3930. The van der Waals surface area contributed by atoms with E-state index in [9.17, 15) is 39.8 Å². The van der Waals surface area contributed by atoms with Crippen LogP contribution in [-0.2, 0) is 34.2 Å². The normalized spacial score (nSPS) is 11.6. The van der Waals surface area contributed by atoms with Gasteiger partial charge in [0.2, 0.25) is 9.84 Å². The van der Waals surface area contributed by atoms with E-state index < -0.39 is 60.4 Å². The van der Waals surface area contributed by atoms with Crippen LogP contribution >= 0.6 is 0 Å². The van der Waals surface area contributed by atoms with E-state index in [0.717, 1.165) is 27.8 Å². The van der Waals surface area contributed by atoms with Gasteiger partial charge in [-0.15, -0.1) is 0 Å². The van der Waals surface area contributed by atoms with Gasteiger partial charge in [0.25, 0.3) is 0 Å². The van der Waals surface area contributed by atoms with Gasteiger partial charge in [-0.25, -0.2) is 26.4 Å². The number of hydrogen-bond donors (Lipinski definition) is 0. The summed E-state index contributed by atoms with van der Waals surface area (Å²) in [4.78, 5) is 24.4. The molecule has 10 aromatic rings. The van der Waals surface area contributed by atoms with Gasteiger partial charge in [0, 0.05) is 5.92 Å². The SMILES string of the molecule is Cc1ccc(C(c2ccccc2)(c2ccccc2)S(=O)(=O)C(F)(F)COC(=O)c2ccc(-c3ccccc3)cc2)cc1.Cc1ccc(C(c2ccccc2)c2ccccc2)cc1.O=C(OCC(F)(F)S(=O)(=O)[O-])c1ccc(-c2ccccc2)cc1.[Na+]. The summed E-state index contributed by atoms with van der Waals surface area (Å²) in [6, 6.07) is 83.4. The molecule has 0 heterocycles. The second-order valence-electron chi connectivity index (χ2n) is 19.7. The number of rotatable bonds is 17. The molecule has 10 aromatic carbocycles. The molecule has 0 bridgehead atoms. The third kappa shape index (κ3) is 15.6. The van der Waals surface area contributed by atoms with Gasteiger partial charge in [-0.2, -0.15) is 17.6 Å². The molecule has 0 saturated carbocycles. The molecule has 9 nitrogen and oxygen atoms in total. The minimum atomic E-state index is -5.88. The molecule has 0 N–H and O–H groups in total. The summed E-state index contributed by atoms with van der Waals surface area (Å²) in [7, 11) is -11.3. The van der Waals surface area contributed by atoms with Crippen LogP contribution in [-0.4, -0.2) is 57.0 Å². The molecule has 0 aliphatic rings. The van der Waals surface area contributed by atoms with Crippen LogP contribution in [0.4, 0.5) is 17.6 Å². The Hall–Kier alpha value is -8.28. The molecular formula is C70H57F4NaO9S2. The fourth-order valence-corrected chi connectivity index (χ4v) is 11.6. The van der Waals surface area contributed by atoms with Gasteiger partial charge in [-0.3, -0.25) is 0 Å². The summed E-state index contributed by atoms with van der Waals surface area (Å²) in [5.74, 6) is -1.89. The van der Waals surface area contributed by atoms with E-state index >= 15 is 8.78 Å². The predicted molar refractivity (Wildman–Crippen MR) is 322 cm³/mol. The van der Waals surface area contributed by atoms with Crippen molar-refractivity contribution < 1.29 is 87.6 Å². The van der Waals surface area contributed by atoms with Crippen LogP contribution in [0.5, 0.6) is 0 Å². The monoisotopic (exact) mass is 1200 g/mol. The summed E-state index contributed by atoms with van der Waals surface area (Å²) < 4.78 is 125. The molecule has 10 rings (SSSR count). The van der Waals surface area contributed by atoms with Crippen molar-refractivity contribution in [3.63, 3.8) is 0 Å². The van der Waals surface area contributed by atoms with Crippen molar-refractivity contribution >= 4 is 31.9 Å². The molecule has 0 spiro atoms. The minimum Gasteiger partial charge on any atom is -0.743 e. The van der Waals surface area contributed by atoms with Crippen molar-refractivity contribution in [1.82, 2.24) is 0 Å². The number of esters is 2. The van der Waals surface area contributed by atoms with Gasteiger partial charge in [0.1, 0.15) is 0 Å². The maximum absolute atomic E-state index is 16.1. The average molecular weight is 1210 g/mol. The first-order chi connectivity index (χ1) is 40.7. The fraction of sp³-hybridized carbons (Fsp3) is 0.114. The van der Waals surface area contributed by atoms with E-state index in [1.165, 1.54) is 70.8 Å². The van der Waals surface area contributed by atoms with Gasteiger partial charge >= 0.3 is 52.0 Å². The maximum Gasteiger partial charge on any atom is 1.00 e. The molecule has 86 heavy (non-hydrogen) atoms. The van der Waals surface area contributed by atoms with Crippen LogP contribution in [0.2, 0.25) is 0 Å². The average Bonchev–Trinajstić information content (AvgIpc) is 0.756. The maximum atomic E-state index is 16.1. The zero-order valence-electron chi connectivity index (χ0n) is 47.1. The van der Waals surface area contributed by atoms with Gasteiger partial charge in [0.05, 0.1) is 11.1 Å². The summed E-state index contributed by atoms with van der Waals surface area (Å²) in [5.41, 5.74) is 10.0. The van der Waals surface area contributed by atoms with Crippen molar-refractivity contribution in [1.29, 1.82) is 0 Å². The number of aryl methyl sites for hydroxylation is 2. The quantitative estimate of drug-likeness (QED) is 0.0286. The number of carbonyl (C=O) groups excluding carboxylic acids is 2. The zero-order valence-corrected chi connectivity index (χ0v) is 50.7. The first-order valence-electron chi connectivity index (χ1n) is 26.7. The second kappa shape index (κ2) is 29.2. The van der Waals surface area contributed by atoms with Crippen molar-refractivity contribution in [2.75, 3.05) is 13.2 Å². The van der Waals surface area contributed by atoms with Crippen LogP contribution < -0.4 is 29.6 Å². The Morgan fingerprint density at radius 1 is 0.384 bits per heavy atom. The Kier molecular flexibility index (Phi) is 22.2. The Balaban J connectivity index is 0.000000202. The summed E-state index contributed by atoms with van der Waals surface area (Å²) in [6.07, 6.45) is 0. The van der Waals surface area contributed by atoms with Crippen molar-refractivity contribution in [2.45, 2.75) is 35.0 Å². The molecule has 0 atom stereocenters. The van der Waals surface area contributed by atoms with Crippen LogP contribution in [0.25, 0.3) is 22.3 Å². The van der Waals surface area contributed by atoms with Gasteiger partial charge in [-0.1, -0.05) is 266 Å². The Morgan fingerprint density at radius 2 is 0.663 bits per heavy atom. The first kappa shape index (κ1) is 65.3. The van der Waals surface area contributed by atoms with E-state index in [0.29, 0.717) is 5.92 Å². The summed E-state index contributed by atoms with van der Waals surface area (Å²) in [5, 5.41) is -9.12. The van der Waals surface area contributed by atoms with Crippen LogP contribution in [0.15, 0.2) is 279 Å². The molecule has 0 radical (unpaired) electrons. The van der Waals surface area contributed by atoms with E-state index in [1.807, 2.05) is 67.6 Å². The summed E-state index contributed by atoms with van der Waals surface area (Å²) in [6.45, 7) is 0.481. The van der Waals surface area contributed by atoms with E-state index in [2.05, 4.69) is 96.6 Å². The predicted octanol–water partition coefficient (Wildman–Crippen LogP) is 12.6. The number of carbonyl (C=O) groups is 2. The number of alkyl halides is 4. The third-order valence-corrected chi connectivity index (χ3v) is 17.1. The molecule has 0 amide bonds. The van der Waals surface area contributed by atoms with Crippen molar-refractivity contribution in [3.8, 4) is 22.3 Å². The minimum absolute atomic E-state index is 0. The largest absolute Gasteiger partial charge is 1.00 e. The molecule has 432 valence electrons. The van der Waals surface area contributed by atoms with Crippen LogP contribution in [0.3, 0.4) is 0 Å². The van der Waals surface area contributed by atoms with E-state index in [4.69, 9.17) is 4.74 Å². The molecule has 0 aliphatic carbocycles. The molecule has 0 fully saturated rings. The molecule has 0 unspecified atom stereocenters. The molecule has 0 aromatic heterocycles. The second-order valence-corrected chi connectivity index (χ2v) is 23.4. The molecule has 0 saturated heterocycles. The van der Waals surface area contributed by atoms with Gasteiger partial charge < -0.3 is 14.0 Å². The smallest absolute Gasteiger partial charge is 0.743 e. The fourth-order valence-electron chi connectivity index (χ4n) is 9.42. The standard InChI is InChI=1S/C35H28F2O4S.C20H18.C15H12F2O5S.Na/c1-26-17-23-32(24-18-26)35(30-13-7-3-8-14-30,31-15-9-4-10-16-31)42(39,40)34(36,37)25-41-33(38)29-21-19-28(20-22-29)27-11-5-2-6-12-27;1-16-12-14-19(15-13-16)20(17-8-4-2-5-9-17)18-10-6-3-7-11-18;16-15(17,23(19,20)21)10-22-14(18)13-8-6-12(7-9-13)11-4-2-1-3-5-11;/h2-24H,25H2,1H3;2-15,20H,1H3;1-9H,10H2,(H,19,20,21);/q;;;+1/p-1. The van der Waals surface area contributed by atoms with Crippen molar-refractivity contribution in [2.24, 2.45) is 0 Å². The Labute approximate surface area is 520 Å². The van der Waals surface area contributed by atoms with Gasteiger partial charge in [-0.05, 0) is 93.7 Å². The number of ether oxygens (including phenoxy) is 2. The van der Waals surface area contributed by atoms with Crippen LogP contribution in [0.1, 0.15) is 71.1 Å². The van der Waals surface area contributed by atoms with Crippen LogP contribution in [0, 0.1) is 13.8 Å². The van der Waals surface area contributed by atoms with E-state index in [1.54, 1.807) is 84.9 Å². The number of benzene rings is 10. The molecule has 16 heteroatoms. The number of halogens is 4. The summed E-state index contributed by atoms with van der Waals surface area (Å²) >= 11 is 0. The van der Waals surface area contributed by atoms with E-state index in [-0.39, 0.29) is 57.4 Å².